The van der Waals surface area contributed by atoms with Crippen LogP contribution in [-0.4, -0.2) is 35.0 Å². The predicted octanol–water partition coefficient (Wildman–Crippen LogP) is 4.35. The molecular weight excluding hydrogens is 432 g/mol. The summed E-state index contributed by atoms with van der Waals surface area (Å²) in [5, 5.41) is 17.8. The molecule has 8 heteroatoms. The molecule has 1 fully saturated rings. The minimum Gasteiger partial charge on any atom is -0.354 e. The Labute approximate surface area is 198 Å². The summed E-state index contributed by atoms with van der Waals surface area (Å²) in [6.45, 7) is 5.60. The molecule has 1 saturated heterocycles. The van der Waals surface area contributed by atoms with Gasteiger partial charge >= 0.3 is 0 Å². The fraction of sp³-hybridized carbons (Fsp3) is 0.360. The van der Waals surface area contributed by atoms with Gasteiger partial charge in [-0.05, 0) is 48.9 Å². The molecule has 1 atom stereocenters. The van der Waals surface area contributed by atoms with Crippen LogP contribution in [0.1, 0.15) is 41.5 Å². The molecular formula is C25H28N6OS. The van der Waals surface area contributed by atoms with E-state index in [9.17, 15) is 10.1 Å². The molecule has 3 heterocycles. The number of rotatable bonds is 8. The minimum atomic E-state index is 0.0636. The highest BCUT2D eigenvalue weighted by molar-refractivity contribution is 7.10. The van der Waals surface area contributed by atoms with E-state index in [0.29, 0.717) is 17.9 Å². The Hall–Kier alpha value is -3.44. The molecule has 0 bridgehead atoms. The lowest BCUT2D eigenvalue weighted by Crippen LogP contribution is -2.38. The number of aromatic nitrogens is 2. The van der Waals surface area contributed by atoms with Crippen LogP contribution in [0, 0.1) is 18.3 Å². The van der Waals surface area contributed by atoms with Gasteiger partial charge in [0, 0.05) is 41.5 Å². The smallest absolute Gasteiger partial charge is 0.229 e. The topological polar surface area (TPSA) is 93.9 Å². The highest BCUT2D eigenvalue weighted by Gasteiger charge is 2.25. The molecule has 170 valence electrons. The maximum absolute atomic E-state index is 12.4. The summed E-state index contributed by atoms with van der Waals surface area (Å²) in [6.07, 6.45) is 3.16. The molecule has 4 rings (SSSR count). The average Bonchev–Trinajstić information content (AvgIpc) is 3.47. The summed E-state index contributed by atoms with van der Waals surface area (Å²) in [4.78, 5) is 25.1. The van der Waals surface area contributed by atoms with Crippen molar-refractivity contribution in [1.29, 1.82) is 5.26 Å². The van der Waals surface area contributed by atoms with E-state index in [4.69, 9.17) is 4.98 Å². The second-order valence-electron chi connectivity index (χ2n) is 8.31. The Morgan fingerprint density at radius 1 is 1.30 bits per heavy atom. The summed E-state index contributed by atoms with van der Waals surface area (Å²) in [5.41, 5.74) is 3.33. The van der Waals surface area contributed by atoms with Gasteiger partial charge in [0.05, 0.1) is 18.1 Å². The molecule has 0 saturated carbocycles. The zero-order chi connectivity index (χ0) is 23.2. The maximum atomic E-state index is 12.4. The zero-order valence-electron chi connectivity index (χ0n) is 19.0. The van der Waals surface area contributed by atoms with Crippen LogP contribution < -0.4 is 15.5 Å². The van der Waals surface area contributed by atoms with Gasteiger partial charge in [-0.2, -0.15) is 10.2 Å². The third-order valence-corrected chi connectivity index (χ3v) is 6.55. The Morgan fingerprint density at radius 2 is 2.18 bits per heavy atom. The second kappa shape index (κ2) is 10.5. The van der Waals surface area contributed by atoms with Crippen molar-refractivity contribution in [1.82, 2.24) is 15.3 Å². The number of aryl methyl sites for hydroxylation is 2. The van der Waals surface area contributed by atoms with Crippen LogP contribution in [-0.2, 0) is 17.6 Å². The third kappa shape index (κ3) is 5.88. The molecule has 0 radical (unpaired) electrons. The van der Waals surface area contributed by atoms with Crippen molar-refractivity contribution >= 4 is 34.7 Å². The van der Waals surface area contributed by atoms with E-state index in [-0.39, 0.29) is 11.9 Å². The van der Waals surface area contributed by atoms with E-state index in [1.54, 1.807) is 11.3 Å². The second-order valence-corrected chi connectivity index (χ2v) is 9.35. The molecule has 1 aromatic carbocycles. The fourth-order valence-electron chi connectivity index (χ4n) is 3.97. The first kappa shape index (κ1) is 22.7. The van der Waals surface area contributed by atoms with Crippen LogP contribution in [0.2, 0.25) is 0 Å². The summed E-state index contributed by atoms with van der Waals surface area (Å²) in [6, 6.07) is 14.0. The lowest BCUT2D eigenvalue weighted by molar-refractivity contribution is -0.120. The molecule has 7 nitrogen and oxygen atoms in total. The van der Waals surface area contributed by atoms with Gasteiger partial charge in [-0.15, -0.1) is 11.3 Å². The lowest BCUT2D eigenvalue weighted by atomic mass is 10.1. The number of hydrogen-bond donors (Lipinski definition) is 2. The molecule has 1 unspecified atom stereocenters. The predicted molar refractivity (Wildman–Crippen MR) is 132 cm³/mol. The monoisotopic (exact) mass is 460 g/mol. The van der Waals surface area contributed by atoms with Crippen LogP contribution in [0.5, 0.6) is 0 Å². The van der Waals surface area contributed by atoms with Crippen LogP contribution >= 0.6 is 11.3 Å². The van der Waals surface area contributed by atoms with Crippen molar-refractivity contribution in [3.8, 4) is 6.07 Å². The lowest BCUT2D eigenvalue weighted by Gasteiger charge is -2.20. The largest absolute Gasteiger partial charge is 0.354 e. The number of carbonyl (C=O) groups is 1. The van der Waals surface area contributed by atoms with Crippen molar-refractivity contribution in [2.24, 2.45) is 0 Å². The van der Waals surface area contributed by atoms with Crippen LogP contribution in [0.4, 0.5) is 17.5 Å². The zero-order valence-corrected chi connectivity index (χ0v) is 19.8. The van der Waals surface area contributed by atoms with E-state index in [1.807, 2.05) is 48.7 Å². The number of amides is 1. The molecule has 33 heavy (non-hydrogen) atoms. The molecule has 3 aromatic rings. The van der Waals surface area contributed by atoms with Crippen molar-refractivity contribution < 1.29 is 4.79 Å². The SMILES string of the molecule is CCCc1cc(N2CCC(NC(=O)Cc3cccs3)C2)nc(Nc2ccc(C)c(C#N)c2)n1. The van der Waals surface area contributed by atoms with Gasteiger partial charge in [-0.3, -0.25) is 4.79 Å². The molecule has 1 aliphatic heterocycles. The normalized spacial score (nSPS) is 15.3. The fourth-order valence-corrected chi connectivity index (χ4v) is 4.67. The van der Waals surface area contributed by atoms with E-state index in [2.05, 4.69) is 33.5 Å². The van der Waals surface area contributed by atoms with Gasteiger partial charge in [-0.1, -0.05) is 25.5 Å². The number of nitriles is 1. The number of benzene rings is 1. The van der Waals surface area contributed by atoms with Gasteiger partial charge in [0.25, 0.3) is 0 Å². The van der Waals surface area contributed by atoms with Gasteiger partial charge in [0.15, 0.2) is 0 Å². The third-order valence-electron chi connectivity index (χ3n) is 5.68. The highest BCUT2D eigenvalue weighted by Crippen LogP contribution is 2.24. The molecule has 1 aliphatic rings. The summed E-state index contributed by atoms with van der Waals surface area (Å²) >= 11 is 1.61. The number of anilines is 3. The standard InChI is InChI=1S/C25H28N6OS/c1-3-5-19-13-23(30-25(28-19)29-20-8-7-17(2)18(12-20)15-26)31-10-9-21(16-31)27-24(32)14-22-6-4-11-33-22/h4,6-8,11-13,21H,3,5,9-10,14,16H2,1-2H3,(H,27,32)(H,28,29,30). The number of carbonyl (C=O) groups excluding carboxylic acids is 1. The number of nitrogens with zero attached hydrogens (tertiary/aromatic N) is 4. The minimum absolute atomic E-state index is 0.0636. The van der Waals surface area contributed by atoms with Crippen molar-refractivity contribution in [3.05, 3.63) is 63.5 Å². The summed E-state index contributed by atoms with van der Waals surface area (Å²) in [7, 11) is 0. The van der Waals surface area contributed by atoms with Crippen molar-refractivity contribution in [2.45, 2.75) is 45.6 Å². The number of thiophene rings is 1. The van der Waals surface area contributed by atoms with Gasteiger partial charge < -0.3 is 15.5 Å². The summed E-state index contributed by atoms with van der Waals surface area (Å²) in [5.74, 6) is 1.45. The van der Waals surface area contributed by atoms with Crippen LogP contribution in [0.3, 0.4) is 0 Å². The number of hydrogen-bond acceptors (Lipinski definition) is 7. The van der Waals surface area contributed by atoms with Crippen LogP contribution in [0.15, 0.2) is 41.8 Å². The first-order valence-electron chi connectivity index (χ1n) is 11.3. The van der Waals surface area contributed by atoms with E-state index in [1.165, 1.54) is 0 Å². The first-order chi connectivity index (χ1) is 16.0. The van der Waals surface area contributed by atoms with E-state index >= 15 is 0 Å². The van der Waals surface area contributed by atoms with Gasteiger partial charge in [0.1, 0.15) is 5.82 Å². The Morgan fingerprint density at radius 3 is 2.94 bits per heavy atom. The molecule has 2 aromatic heterocycles. The molecule has 2 N–H and O–H groups in total. The maximum Gasteiger partial charge on any atom is 0.229 e. The average molecular weight is 461 g/mol. The van der Waals surface area contributed by atoms with Crippen LogP contribution in [0.25, 0.3) is 0 Å². The van der Waals surface area contributed by atoms with Crippen molar-refractivity contribution in [3.63, 3.8) is 0 Å². The molecule has 0 aliphatic carbocycles. The molecule has 0 spiro atoms. The summed E-state index contributed by atoms with van der Waals surface area (Å²) < 4.78 is 0. The van der Waals surface area contributed by atoms with E-state index < -0.39 is 0 Å². The Balaban J connectivity index is 1.46. The number of nitrogens with one attached hydrogen (secondary N) is 2. The Bertz CT molecular complexity index is 1150. The Kier molecular flexibility index (Phi) is 7.20. The molecule has 1 amide bonds. The van der Waals surface area contributed by atoms with Gasteiger partial charge in [-0.25, -0.2) is 4.98 Å². The quantitative estimate of drug-likeness (QED) is 0.519. The highest BCUT2D eigenvalue weighted by atomic mass is 32.1. The van der Waals surface area contributed by atoms with Crippen molar-refractivity contribution in [2.75, 3.05) is 23.3 Å². The first-order valence-corrected chi connectivity index (χ1v) is 12.1. The van der Waals surface area contributed by atoms with E-state index in [0.717, 1.165) is 60.0 Å². The van der Waals surface area contributed by atoms with Gasteiger partial charge in [0.2, 0.25) is 11.9 Å².